The number of hydrogen-bond donors (Lipinski definition) is 0. The van der Waals surface area contributed by atoms with Gasteiger partial charge in [-0.25, -0.2) is 13.5 Å². The molecule has 2 heterocycles. The minimum absolute atomic E-state index is 0.0298. The summed E-state index contributed by atoms with van der Waals surface area (Å²) in [5.74, 6) is 0. The van der Waals surface area contributed by atoms with Gasteiger partial charge < -0.3 is 4.90 Å². The predicted molar refractivity (Wildman–Crippen MR) is 74.4 cm³/mol. The van der Waals surface area contributed by atoms with E-state index in [2.05, 4.69) is 15.3 Å². The molecule has 1 aromatic heterocycles. The third-order valence-corrected chi connectivity index (χ3v) is 3.04. The highest BCUT2D eigenvalue weighted by Gasteiger charge is 2.10. The summed E-state index contributed by atoms with van der Waals surface area (Å²) in [4.78, 5) is 6.10. The van der Waals surface area contributed by atoms with Crippen LogP contribution in [0.3, 0.4) is 0 Å². The molecule has 0 amide bonds. The molecule has 0 radical (unpaired) electrons. The molecular formula is C14H13F2N5. The third-order valence-electron chi connectivity index (χ3n) is 3.04. The number of halogens is 2. The van der Waals surface area contributed by atoms with Crippen LogP contribution in [0.5, 0.6) is 0 Å². The summed E-state index contributed by atoms with van der Waals surface area (Å²) in [6, 6.07) is 6.10. The van der Waals surface area contributed by atoms with Crippen LogP contribution in [0.4, 0.5) is 8.78 Å². The predicted octanol–water partition coefficient (Wildman–Crippen LogP) is 2.56. The van der Waals surface area contributed by atoms with Crippen LogP contribution in [0.2, 0.25) is 0 Å². The van der Waals surface area contributed by atoms with E-state index in [9.17, 15) is 8.78 Å². The van der Waals surface area contributed by atoms with Crippen LogP contribution in [0.15, 0.2) is 47.7 Å². The lowest BCUT2D eigenvalue weighted by Crippen LogP contribution is -2.19. The molecule has 1 aliphatic rings. The average molecular weight is 289 g/mol. The van der Waals surface area contributed by atoms with Gasteiger partial charge in [0.05, 0.1) is 18.4 Å². The van der Waals surface area contributed by atoms with E-state index in [1.807, 2.05) is 17.2 Å². The number of aromatic nitrogens is 3. The lowest BCUT2D eigenvalue weighted by atomic mass is 10.2. The van der Waals surface area contributed by atoms with Crippen molar-refractivity contribution in [1.29, 1.82) is 0 Å². The number of aliphatic imine (C=N–C) groups is 1. The van der Waals surface area contributed by atoms with E-state index >= 15 is 0 Å². The fourth-order valence-corrected chi connectivity index (χ4v) is 2.03. The second-order valence-electron chi connectivity index (χ2n) is 4.61. The first-order valence-electron chi connectivity index (χ1n) is 6.43. The Hall–Kier alpha value is -2.57. The fraction of sp³-hybridized carbons (Fsp3) is 0.214. The zero-order valence-electron chi connectivity index (χ0n) is 11.1. The maximum Gasteiger partial charge on any atom is 0.263 e. The van der Waals surface area contributed by atoms with Gasteiger partial charge in [-0.1, -0.05) is 17.3 Å². The van der Waals surface area contributed by atoms with E-state index in [4.69, 9.17) is 0 Å². The number of alkyl halides is 2. The van der Waals surface area contributed by atoms with Crippen molar-refractivity contribution < 1.29 is 8.78 Å². The molecule has 0 saturated carbocycles. The summed E-state index contributed by atoms with van der Waals surface area (Å²) < 4.78 is 26.9. The van der Waals surface area contributed by atoms with Gasteiger partial charge in [0.1, 0.15) is 12.4 Å². The monoisotopic (exact) mass is 289 g/mol. The second-order valence-corrected chi connectivity index (χ2v) is 4.61. The van der Waals surface area contributed by atoms with Gasteiger partial charge in [-0.2, -0.15) is 0 Å². The first-order chi connectivity index (χ1) is 10.2. The van der Waals surface area contributed by atoms with Crippen molar-refractivity contribution in [2.24, 2.45) is 4.99 Å². The molecule has 2 aromatic rings. The van der Waals surface area contributed by atoms with Gasteiger partial charge in [0, 0.05) is 18.0 Å². The van der Waals surface area contributed by atoms with Crippen molar-refractivity contribution in [3.05, 3.63) is 54.0 Å². The molecule has 21 heavy (non-hydrogen) atoms. The molecule has 0 N–H and O–H groups in total. The lowest BCUT2D eigenvalue weighted by Gasteiger charge is -2.17. The first-order valence-corrected chi connectivity index (χ1v) is 6.43. The number of hydrogen-bond acceptors (Lipinski definition) is 4. The van der Waals surface area contributed by atoms with Gasteiger partial charge in [0.15, 0.2) is 0 Å². The minimum atomic E-state index is -2.50. The molecule has 7 heteroatoms. The Labute approximate surface area is 120 Å². The molecule has 1 aromatic carbocycles. The van der Waals surface area contributed by atoms with Crippen LogP contribution in [0.1, 0.15) is 17.7 Å². The molecule has 108 valence electrons. The molecule has 5 nitrogen and oxygen atoms in total. The molecule has 0 saturated heterocycles. The molecule has 0 fully saturated rings. The first kappa shape index (κ1) is 13.4. The van der Waals surface area contributed by atoms with Crippen LogP contribution in [-0.4, -0.2) is 32.8 Å². The Kier molecular flexibility index (Phi) is 3.72. The highest BCUT2D eigenvalue weighted by Crippen LogP contribution is 2.21. The van der Waals surface area contributed by atoms with Crippen LogP contribution in [-0.2, 0) is 6.54 Å². The SMILES string of the molecule is FC(F)c1cccc(-n2cc(CN3C=CC=NC3)nn2)c1. The summed E-state index contributed by atoms with van der Waals surface area (Å²) in [6.07, 6.45) is 4.74. The van der Waals surface area contributed by atoms with E-state index in [0.717, 1.165) is 5.69 Å². The Morgan fingerprint density at radius 3 is 2.95 bits per heavy atom. The van der Waals surface area contributed by atoms with Crippen LogP contribution >= 0.6 is 0 Å². The molecule has 1 aliphatic heterocycles. The van der Waals surface area contributed by atoms with Crippen molar-refractivity contribution in [2.75, 3.05) is 6.67 Å². The molecule has 3 rings (SSSR count). The topological polar surface area (TPSA) is 46.3 Å². The van der Waals surface area contributed by atoms with Crippen molar-refractivity contribution in [3.8, 4) is 5.69 Å². The van der Waals surface area contributed by atoms with Crippen molar-refractivity contribution in [3.63, 3.8) is 0 Å². The number of rotatable bonds is 4. The molecule has 0 bridgehead atoms. The lowest BCUT2D eigenvalue weighted by molar-refractivity contribution is 0.151. The van der Waals surface area contributed by atoms with Gasteiger partial charge in [-0.05, 0) is 18.2 Å². The highest BCUT2D eigenvalue weighted by molar-refractivity contribution is 5.71. The number of benzene rings is 1. The van der Waals surface area contributed by atoms with Gasteiger partial charge >= 0.3 is 0 Å². The quantitative estimate of drug-likeness (QED) is 0.869. The van der Waals surface area contributed by atoms with Crippen LogP contribution < -0.4 is 0 Å². The summed E-state index contributed by atoms with van der Waals surface area (Å²) in [7, 11) is 0. The summed E-state index contributed by atoms with van der Waals surface area (Å²) in [6.45, 7) is 1.15. The van der Waals surface area contributed by atoms with E-state index in [1.165, 1.54) is 16.8 Å². The van der Waals surface area contributed by atoms with Crippen molar-refractivity contribution in [2.45, 2.75) is 13.0 Å². The molecule has 0 aliphatic carbocycles. The Morgan fingerprint density at radius 1 is 1.29 bits per heavy atom. The summed E-state index contributed by atoms with van der Waals surface area (Å²) >= 11 is 0. The van der Waals surface area contributed by atoms with Gasteiger partial charge in [-0.3, -0.25) is 4.99 Å². The smallest absolute Gasteiger partial charge is 0.263 e. The van der Waals surface area contributed by atoms with Gasteiger partial charge in [0.2, 0.25) is 0 Å². The molecule has 0 atom stereocenters. The fourth-order valence-electron chi connectivity index (χ4n) is 2.03. The zero-order chi connectivity index (χ0) is 14.7. The largest absolute Gasteiger partial charge is 0.352 e. The van der Waals surface area contributed by atoms with Crippen molar-refractivity contribution >= 4 is 6.21 Å². The average Bonchev–Trinajstić information content (AvgIpc) is 2.97. The Balaban J connectivity index is 1.76. The third kappa shape index (κ3) is 3.13. The molecular weight excluding hydrogens is 276 g/mol. The van der Waals surface area contributed by atoms with E-state index in [1.54, 1.807) is 24.5 Å². The highest BCUT2D eigenvalue weighted by atomic mass is 19.3. The van der Waals surface area contributed by atoms with Crippen LogP contribution in [0.25, 0.3) is 5.69 Å². The Bertz CT molecular complexity index is 678. The maximum atomic E-state index is 12.7. The Morgan fingerprint density at radius 2 is 2.19 bits per heavy atom. The summed E-state index contributed by atoms with van der Waals surface area (Å²) in [5, 5.41) is 8.04. The molecule has 0 unspecified atom stereocenters. The van der Waals surface area contributed by atoms with E-state index in [-0.39, 0.29) is 5.56 Å². The van der Waals surface area contributed by atoms with E-state index < -0.39 is 6.43 Å². The zero-order valence-corrected chi connectivity index (χ0v) is 11.1. The molecule has 0 spiro atoms. The van der Waals surface area contributed by atoms with Gasteiger partial charge in [0.25, 0.3) is 6.43 Å². The summed E-state index contributed by atoms with van der Waals surface area (Å²) in [5.41, 5.74) is 1.29. The number of allylic oxidation sites excluding steroid dienone is 1. The normalized spacial score (nSPS) is 14.1. The van der Waals surface area contributed by atoms with E-state index in [0.29, 0.717) is 18.9 Å². The number of nitrogens with zero attached hydrogens (tertiary/aromatic N) is 5. The van der Waals surface area contributed by atoms with Gasteiger partial charge in [-0.15, -0.1) is 5.10 Å². The van der Waals surface area contributed by atoms with Crippen molar-refractivity contribution in [1.82, 2.24) is 19.9 Å². The van der Waals surface area contributed by atoms with Crippen LogP contribution in [0, 0.1) is 0 Å². The minimum Gasteiger partial charge on any atom is -0.352 e. The second kappa shape index (κ2) is 5.82. The maximum absolute atomic E-state index is 12.7. The standard InChI is InChI=1S/C14H13F2N5/c15-14(16)11-3-1-4-13(7-11)21-9-12(18-19-21)8-20-6-2-5-17-10-20/h1-7,9,14H,8,10H2.